The number of carboxylic acids is 1. The number of aliphatic carboxylic acids is 1. The molecular formula is C60H76Br2N6O15S5. The number of ether oxygens (including phenoxy) is 4. The van der Waals surface area contributed by atoms with Gasteiger partial charge in [-0.25, -0.2) is 25.3 Å². The Balaban J connectivity index is 0.000000217. The van der Waals surface area contributed by atoms with Gasteiger partial charge < -0.3 is 35.5 Å². The van der Waals surface area contributed by atoms with Gasteiger partial charge in [0.15, 0.2) is 21.4 Å². The number of anilines is 2. The number of nitrogens with two attached hydrogens (primary N) is 2. The first-order valence-corrected chi connectivity index (χ1v) is 35.9. The number of esters is 1. The summed E-state index contributed by atoms with van der Waals surface area (Å²) in [4.78, 5) is 58.8. The number of methoxy groups -OCH3 is 1. The number of fused-ring (bicyclic) bond motifs is 3. The predicted molar refractivity (Wildman–Crippen MR) is 350 cm³/mol. The standard InChI is InChI=1S/C22H26BrN3O6S2.C21H24BrN3O6S2.C17H26O3S/c1-13(24)25-7-3-4-15(22(28)31-2)11-18(27)21-17(6-9-33-21)26-34(29,30)19-12-16(23)10-14-5-8-32-20(14)19;1-12(23)24-6-2-3-14(21(27)28)10-17(26)20-16(5-8-32-20)25-33(29,30)18-11-15(22)9-13-4-7-31-19(13)18;1-10-11(2)15(21(18,19)16(4,5)6)12(3)13-9-17(7,8)20-14(10)13/h6,9-10,12,15,26H,3-5,7-8,11H2,1-2H3,(H2,24,25);5,8-9,11,14,25H,2-4,6-7,10H2,1H3,(H2,23,24)(H,27,28);9H2,1-8H3/t15-;14-;/m11./s1. The van der Waals surface area contributed by atoms with Crippen LogP contribution in [0, 0.1) is 32.6 Å². The van der Waals surface area contributed by atoms with Gasteiger partial charge in [0.1, 0.15) is 32.6 Å². The lowest BCUT2D eigenvalue weighted by molar-refractivity contribution is -0.145. The summed E-state index contributed by atoms with van der Waals surface area (Å²) in [7, 11) is -10.2. The second kappa shape index (κ2) is 29.4. The Morgan fingerprint density at radius 3 is 1.58 bits per heavy atom. The van der Waals surface area contributed by atoms with Crippen molar-refractivity contribution >= 4 is 131 Å². The molecule has 0 aliphatic carbocycles. The number of sulfonamides is 2. The first-order chi connectivity index (χ1) is 41.0. The van der Waals surface area contributed by atoms with Crippen LogP contribution in [0.1, 0.15) is 140 Å². The minimum absolute atomic E-state index is 0.00200. The average molecular weight is 1440 g/mol. The highest BCUT2D eigenvalue weighted by Crippen LogP contribution is 2.46. The van der Waals surface area contributed by atoms with Crippen LogP contribution < -0.4 is 35.1 Å². The number of rotatable bonds is 23. The predicted octanol–water partition coefficient (Wildman–Crippen LogP) is 11.3. The number of thiophene rings is 2. The molecule has 0 spiro atoms. The molecular weight excluding hydrogens is 1360 g/mol. The van der Waals surface area contributed by atoms with E-state index in [1.807, 2.05) is 46.8 Å². The van der Waals surface area contributed by atoms with Crippen molar-refractivity contribution in [3.05, 3.63) is 99.2 Å². The van der Waals surface area contributed by atoms with Gasteiger partial charge in [-0.3, -0.25) is 38.6 Å². The number of amidine groups is 2. The van der Waals surface area contributed by atoms with Gasteiger partial charge >= 0.3 is 11.9 Å². The van der Waals surface area contributed by atoms with E-state index < -0.39 is 64.2 Å². The van der Waals surface area contributed by atoms with E-state index in [0.29, 0.717) is 95.4 Å². The molecule has 88 heavy (non-hydrogen) atoms. The molecule has 0 bridgehead atoms. The maximum absolute atomic E-state index is 13.2. The third-order valence-electron chi connectivity index (χ3n) is 14.6. The molecule has 7 N–H and O–H groups in total. The van der Waals surface area contributed by atoms with Crippen LogP contribution in [0.25, 0.3) is 0 Å². The van der Waals surface area contributed by atoms with E-state index in [4.69, 9.17) is 30.4 Å². The van der Waals surface area contributed by atoms with E-state index in [0.717, 1.165) is 68.2 Å². The van der Waals surface area contributed by atoms with E-state index in [9.17, 15) is 49.5 Å². The Labute approximate surface area is 540 Å². The molecule has 0 amide bonds. The van der Waals surface area contributed by atoms with Gasteiger partial charge in [0.25, 0.3) is 20.0 Å². The largest absolute Gasteiger partial charge is 0.492 e. The van der Waals surface area contributed by atoms with Gasteiger partial charge in [-0.15, -0.1) is 22.7 Å². The monoisotopic (exact) mass is 1440 g/mol. The number of Topliss-reactive ketones (excluding diaryl/α,β-unsaturated/α-hetero) is 2. The molecule has 2 atom stereocenters. The van der Waals surface area contributed by atoms with E-state index >= 15 is 0 Å². The lowest BCUT2D eigenvalue weighted by Gasteiger charge is -2.24. The molecule has 0 fully saturated rings. The summed E-state index contributed by atoms with van der Waals surface area (Å²) in [5, 5.41) is 12.7. The molecule has 3 aromatic carbocycles. The normalized spacial score (nSPS) is 15.1. The maximum atomic E-state index is 13.2. The Morgan fingerprint density at radius 1 is 0.716 bits per heavy atom. The van der Waals surface area contributed by atoms with Crippen LogP contribution in [0.15, 0.2) is 80.8 Å². The molecule has 0 saturated heterocycles. The molecule has 2 aromatic heterocycles. The van der Waals surface area contributed by atoms with Gasteiger partial charge in [-0.1, -0.05) is 31.9 Å². The number of aliphatic imine (C=N–C) groups is 2. The van der Waals surface area contributed by atoms with E-state index in [1.54, 1.807) is 45.4 Å². The number of sulfone groups is 1. The lowest BCUT2D eigenvalue weighted by atomic mass is 9.94. The highest BCUT2D eigenvalue weighted by Gasteiger charge is 2.40. The van der Waals surface area contributed by atoms with Crippen molar-refractivity contribution < 1.29 is 68.5 Å². The van der Waals surface area contributed by atoms with Crippen LogP contribution >= 0.6 is 54.5 Å². The van der Waals surface area contributed by atoms with E-state index in [2.05, 4.69) is 51.3 Å². The number of benzene rings is 3. The molecule has 5 heterocycles. The zero-order valence-corrected chi connectivity index (χ0v) is 58.2. The third kappa shape index (κ3) is 17.5. The summed E-state index contributed by atoms with van der Waals surface area (Å²) < 4.78 is 106. The number of nitrogens with zero attached hydrogens (tertiary/aromatic N) is 2. The number of nitrogens with one attached hydrogen (secondary N) is 2. The SMILES string of the molecule is CC(N)=NCCC[C@H](CC(=O)c1sccc1NS(=O)(=O)c1cc(Br)cc2c1OCC2)C(=O)O.COC(=O)[C@H](CCCN=C(C)N)CC(=O)c1sccc1NS(=O)(=O)c1cc(Br)cc2c1OCC2.Cc1c(C)c(S(=O)(=O)C(C)(C)C)c(C)c2c1OC(C)(C)C2. The number of halogens is 2. The number of hydrogen-bond donors (Lipinski definition) is 5. The minimum Gasteiger partial charge on any atom is -0.492 e. The molecule has 0 radical (unpaired) electrons. The van der Waals surface area contributed by atoms with Crippen LogP contribution in [0.5, 0.6) is 17.2 Å². The Bertz CT molecular complexity index is 3880. The average Bonchev–Trinajstić information content (AvgIpc) is 2.13. The van der Waals surface area contributed by atoms with E-state index in [1.165, 1.54) is 31.4 Å². The van der Waals surface area contributed by atoms with Crippen molar-refractivity contribution in [1.82, 2.24) is 0 Å². The Morgan fingerprint density at radius 2 is 1.16 bits per heavy atom. The zero-order chi connectivity index (χ0) is 65.4. The van der Waals surface area contributed by atoms with Gasteiger partial charge in [0, 0.05) is 70.8 Å². The summed E-state index contributed by atoms with van der Waals surface area (Å²) in [5.41, 5.74) is 16.3. The van der Waals surface area contributed by atoms with Crippen molar-refractivity contribution in [2.75, 3.05) is 42.9 Å². The van der Waals surface area contributed by atoms with Crippen LogP contribution in [0.3, 0.4) is 0 Å². The molecule has 0 saturated carbocycles. The molecule has 480 valence electrons. The number of carboxylic acid groups (broad SMARTS) is 1. The Kier molecular flexibility index (Phi) is 23.7. The highest BCUT2D eigenvalue weighted by molar-refractivity contribution is 9.10. The van der Waals surface area contributed by atoms with Crippen molar-refractivity contribution in [3.63, 3.8) is 0 Å². The van der Waals surface area contributed by atoms with Gasteiger partial charge in [-0.2, -0.15) is 0 Å². The molecule has 0 unspecified atom stereocenters. The van der Waals surface area contributed by atoms with Crippen molar-refractivity contribution in [1.29, 1.82) is 0 Å². The number of hydrogen-bond acceptors (Lipinski definition) is 18. The summed E-state index contributed by atoms with van der Waals surface area (Å²) >= 11 is 8.84. The minimum atomic E-state index is -4.05. The summed E-state index contributed by atoms with van der Waals surface area (Å²) in [6, 6.07) is 9.58. The molecule has 8 rings (SSSR count). The fraction of sp³-hybridized carbons (Fsp3) is 0.467. The molecule has 3 aliphatic rings. The van der Waals surface area contributed by atoms with Crippen LogP contribution in [0.4, 0.5) is 11.4 Å². The second-order valence-electron chi connectivity index (χ2n) is 23.0. The fourth-order valence-corrected chi connectivity index (χ4v) is 17.3. The number of carbonyl (C=O) groups excluding carboxylic acids is 3. The smallest absolute Gasteiger partial charge is 0.309 e. The van der Waals surface area contributed by atoms with Crippen LogP contribution in [-0.2, 0) is 63.5 Å². The summed E-state index contributed by atoms with van der Waals surface area (Å²) in [6.07, 6.45) is 3.29. The maximum Gasteiger partial charge on any atom is 0.309 e. The second-order valence-corrected chi connectivity index (χ2v) is 32.6. The molecule has 3 aliphatic heterocycles. The quantitative estimate of drug-likeness (QED) is 0.0133. The van der Waals surface area contributed by atoms with Crippen molar-refractivity contribution in [2.45, 2.75) is 152 Å². The summed E-state index contributed by atoms with van der Waals surface area (Å²) in [6.45, 7) is 20.0. The van der Waals surface area contributed by atoms with Gasteiger partial charge in [-0.05, 0) is 159 Å². The highest BCUT2D eigenvalue weighted by atomic mass is 79.9. The molecule has 21 nitrogen and oxygen atoms in total. The topological polar surface area (TPSA) is 329 Å². The van der Waals surface area contributed by atoms with Crippen LogP contribution in [0.2, 0.25) is 0 Å². The molecule has 5 aromatic rings. The lowest BCUT2D eigenvalue weighted by Crippen LogP contribution is -2.29. The first-order valence-electron chi connectivity index (χ1n) is 28.1. The zero-order valence-electron chi connectivity index (χ0n) is 51.0. The number of ketones is 2. The van der Waals surface area contributed by atoms with E-state index in [-0.39, 0.29) is 61.6 Å². The fourth-order valence-electron chi connectivity index (χ4n) is 10.0. The first kappa shape index (κ1) is 71.2. The summed E-state index contributed by atoms with van der Waals surface area (Å²) in [5.74, 6) is -1.59. The third-order valence-corrected chi connectivity index (χ3v) is 22.9. The Hall–Kier alpha value is -5.91. The van der Waals surface area contributed by atoms with Crippen molar-refractivity contribution in [3.8, 4) is 17.2 Å². The van der Waals surface area contributed by atoms with Gasteiger partial charge in [0.05, 0.1) is 74.6 Å². The number of carbonyl (C=O) groups is 4. The van der Waals surface area contributed by atoms with Gasteiger partial charge in [0.2, 0.25) is 0 Å². The molecule has 28 heteroatoms. The van der Waals surface area contributed by atoms with Crippen molar-refractivity contribution in [2.24, 2.45) is 33.3 Å². The van der Waals surface area contributed by atoms with Crippen LogP contribution in [-0.4, -0.2) is 109 Å².